The van der Waals surface area contributed by atoms with Crippen molar-refractivity contribution in [3.63, 3.8) is 0 Å². The first-order chi connectivity index (χ1) is 15.2. The Kier molecular flexibility index (Phi) is 12.1. The molecule has 192 valence electrons. The summed E-state index contributed by atoms with van der Waals surface area (Å²) in [6.45, 7) is 9.34. The molecule has 2 rings (SSSR count). The summed E-state index contributed by atoms with van der Waals surface area (Å²) >= 11 is 1.64. The van der Waals surface area contributed by atoms with Crippen molar-refractivity contribution in [1.29, 1.82) is 0 Å². The van der Waals surface area contributed by atoms with Crippen LogP contribution >= 0.6 is 37.8 Å². The molecule has 1 aliphatic heterocycles. The van der Waals surface area contributed by atoms with Gasteiger partial charge in [0.25, 0.3) is 5.56 Å². The van der Waals surface area contributed by atoms with Crippen LogP contribution in [-0.4, -0.2) is 89.8 Å². The van der Waals surface area contributed by atoms with Crippen LogP contribution in [0.1, 0.15) is 27.0 Å². The molecule has 0 spiro atoms. The van der Waals surface area contributed by atoms with Gasteiger partial charge in [0, 0.05) is 6.20 Å². The third kappa shape index (κ3) is 9.61. The van der Waals surface area contributed by atoms with Gasteiger partial charge in [-0.2, -0.15) is 0 Å². The van der Waals surface area contributed by atoms with Crippen molar-refractivity contribution in [2.24, 2.45) is 0 Å². The van der Waals surface area contributed by atoms with Gasteiger partial charge in [-0.3, -0.25) is 23.5 Å². The number of aromatic amines is 1. The lowest BCUT2D eigenvalue weighted by Gasteiger charge is -2.18. The first-order valence-electron chi connectivity index (χ1n) is 9.91. The highest BCUT2D eigenvalue weighted by molar-refractivity contribution is 14.1. The number of ether oxygens (including phenoxy) is 1. The number of H-pyrrole nitrogens is 1. The van der Waals surface area contributed by atoms with Crippen LogP contribution in [0.25, 0.3) is 0 Å². The molecule has 1 aromatic heterocycles. The maximum Gasteiger partial charge on any atom is 0.340 e. The standard InChI is InChI=1S/C10H15IN2O11P2.C6H15N/c11-4-1-13(10(17)12-8(4)16)9-7(15)6(14)5(24-9)2-23-26(21,22)3-25(18,19)20;1-4-7(5-2)6-3/h1,5-7,9,14-15H,2-3H2,(H,21,22)(H,12,16,17)(H2,18,19,20);4-6H2,1-3H3/t5-,6-,7-,9-;/m1./s1. The molecule has 33 heavy (non-hydrogen) atoms. The van der Waals surface area contributed by atoms with Crippen LogP contribution in [0.5, 0.6) is 0 Å². The second-order valence-electron chi connectivity index (χ2n) is 7.05. The summed E-state index contributed by atoms with van der Waals surface area (Å²) in [6.07, 6.45) is -4.97. The quantitative estimate of drug-likeness (QED) is 0.150. The normalized spacial score (nSPS) is 24.9. The topological polar surface area (TPSA) is 212 Å². The molecule has 0 aliphatic carbocycles. The van der Waals surface area contributed by atoms with Crippen molar-refractivity contribution in [2.75, 3.05) is 32.1 Å². The SMILES string of the molecule is CCN(CC)CC.O=c1[nH]c(=O)n([C@@H]2O[C@H](COP(=O)(O)CP(=O)(O)O)[C@@H](O)[C@H]2O)cc1I. The smallest absolute Gasteiger partial charge is 0.340 e. The van der Waals surface area contributed by atoms with E-state index in [9.17, 15) is 33.8 Å². The Balaban J connectivity index is 0.000000675. The summed E-state index contributed by atoms with van der Waals surface area (Å²) in [6, 6.07) is 0. The Bertz CT molecular complexity index is 972. The van der Waals surface area contributed by atoms with Crippen molar-refractivity contribution in [1.82, 2.24) is 14.5 Å². The lowest BCUT2D eigenvalue weighted by atomic mass is 10.1. The number of halogens is 1. The third-order valence-corrected chi connectivity index (χ3v) is 8.91. The van der Waals surface area contributed by atoms with Gasteiger partial charge < -0.3 is 39.1 Å². The van der Waals surface area contributed by atoms with Crippen molar-refractivity contribution in [3.8, 4) is 0 Å². The summed E-state index contributed by atoms with van der Waals surface area (Å²) in [7, 11) is -9.50. The average molecular weight is 629 g/mol. The maximum atomic E-state index is 11.8. The maximum absolute atomic E-state index is 11.8. The van der Waals surface area contributed by atoms with Gasteiger partial charge in [0.1, 0.15) is 18.3 Å². The van der Waals surface area contributed by atoms with Crippen molar-refractivity contribution >= 4 is 37.8 Å². The van der Waals surface area contributed by atoms with E-state index >= 15 is 0 Å². The van der Waals surface area contributed by atoms with E-state index in [0.29, 0.717) is 0 Å². The minimum absolute atomic E-state index is 0.105. The molecule has 6 N–H and O–H groups in total. The van der Waals surface area contributed by atoms with Crippen molar-refractivity contribution < 1.29 is 43.3 Å². The Morgan fingerprint density at radius 2 is 1.67 bits per heavy atom. The first-order valence-corrected chi connectivity index (χ1v) is 14.5. The molecular formula is C16H30IN3O11P2. The predicted molar refractivity (Wildman–Crippen MR) is 126 cm³/mol. The van der Waals surface area contributed by atoms with Crippen molar-refractivity contribution in [2.45, 2.75) is 45.3 Å². The van der Waals surface area contributed by atoms with E-state index in [4.69, 9.17) is 14.5 Å². The molecule has 17 heteroatoms. The number of aromatic nitrogens is 2. The van der Waals surface area contributed by atoms with E-state index in [1.54, 1.807) is 22.6 Å². The molecular weight excluding hydrogens is 599 g/mol. The van der Waals surface area contributed by atoms with E-state index < -0.39 is 63.5 Å². The number of hydrogen-bond acceptors (Lipinski definition) is 9. The highest BCUT2D eigenvalue weighted by atomic mass is 127. The largest absolute Gasteiger partial charge is 0.387 e. The van der Waals surface area contributed by atoms with E-state index in [2.05, 4.69) is 30.2 Å². The molecule has 1 aromatic rings. The summed E-state index contributed by atoms with van der Waals surface area (Å²) in [5.41, 5.74) is -1.57. The number of hydrogen-bond donors (Lipinski definition) is 6. The molecule has 1 saturated heterocycles. The lowest BCUT2D eigenvalue weighted by molar-refractivity contribution is -0.0525. The van der Waals surface area contributed by atoms with Crippen LogP contribution in [-0.2, 0) is 18.4 Å². The molecule has 0 bridgehead atoms. The van der Waals surface area contributed by atoms with Gasteiger partial charge in [-0.25, -0.2) is 4.79 Å². The Morgan fingerprint density at radius 3 is 2.12 bits per heavy atom. The minimum Gasteiger partial charge on any atom is -0.387 e. The number of rotatable bonds is 9. The van der Waals surface area contributed by atoms with Crippen molar-refractivity contribution in [3.05, 3.63) is 30.6 Å². The van der Waals surface area contributed by atoms with E-state index in [1.807, 2.05) is 4.98 Å². The number of aliphatic hydroxyl groups is 2. The summed E-state index contributed by atoms with van der Waals surface area (Å²) in [5.74, 6) is -1.42. The zero-order chi connectivity index (χ0) is 25.6. The van der Waals surface area contributed by atoms with Gasteiger partial charge >= 0.3 is 20.9 Å². The molecule has 0 saturated carbocycles. The fourth-order valence-corrected chi connectivity index (χ4v) is 5.88. The molecule has 2 heterocycles. The fourth-order valence-electron chi connectivity index (χ4n) is 2.88. The summed E-state index contributed by atoms with van der Waals surface area (Å²) < 4.78 is 33.1. The zero-order valence-electron chi connectivity index (χ0n) is 18.3. The molecule has 1 fully saturated rings. The van der Waals surface area contributed by atoms with Crippen LogP contribution in [0.4, 0.5) is 0 Å². The average Bonchev–Trinajstić information content (AvgIpc) is 2.98. The zero-order valence-corrected chi connectivity index (χ0v) is 22.2. The van der Waals surface area contributed by atoms with E-state index in [0.717, 1.165) is 10.8 Å². The monoisotopic (exact) mass is 629 g/mol. The third-order valence-electron chi connectivity index (χ3n) is 4.68. The molecule has 0 radical (unpaired) electrons. The lowest BCUT2D eigenvalue weighted by Crippen LogP contribution is -2.38. The van der Waals surface area contributed by atoms with Gasteiger partial charge in [0.2, 0.25) is 0 Å². The van der Waals surface area contributed by atoms with Crippen LogP contribution < -0.4 is 11.2 Å². The van der Waals surface area contributed by atoms with Crippen LogP contribution in [0.3, 0.4) is 0 Å². The highest BCUT2D eigenvalue weighted by Crippen LogP contribution is 2.55. The second kappa shape index (κ2) is 13.0. The van der Waals surface area contributed by atoms with Gasteiger partial charge in [-0.15, -0.1) is 0 Å². The Labute approximate surface area is 203 Å². The van der Waals surface area contributed by atoms with E-state index in [-0.39, 0.29) is 3.57 Å². The number of nitrogens with one attached hydrogen (secondary N) is 1. The van der Waals surface area contributed by atoms with E-state index in [1.165, 1.54) is 19.6 Å². The molecule has 5 atom stereocenters. The minimum atomic E-state index is -4.82. The number of nitrogens with zero attached hydrogens (tertiary/aromatic N) is 2. The second-order valence-corrected chi connectivity index (χ2v) is 12.2. The Morgan fingerprint density at radius 1 is 1.12 bits per heavy atom. The van der Waals surface area contributed by atoms with Crippen LogP contribution in [0.2, 0.25) is 0 Å². The predicted octanol–water partition coefficient (Wildman–Crippen LogP) is -0.554. The molecule has 0 aromatic carbocycles. The van der Waals surface area contributed by atoms with Crippen LogP contribution in [0, 0.1) is 3.57 Å². The highest BCUT2D eigenvalue weighted by Gasteiger charge is 2.45. The van der Waals surface area contributed by atoms with Gasteiger partial charge in [-0.1, -0.05) is 20.8 Å². The van der Waals surface area contributed by atoms with Gasteiger partial charge in [0.05, 0.1) is 10.2 Å². The number of aliphatic hydroxyl groups excluding tert-OH is 2. The van der Waals surface area contributed by atoms with Gasteiger partial charge in [0.15, 0.2) is 12.1 Å². The molecule has 0 amide bonds. The molecule has 1 aliphatic rings. The Hall–Kier alpha value is -0.450. The fraction of sp³-hybridized carbons (Fsp3) is 0.750. The van der Waals surface area contributed by atoms with Crippen LogP contribution in [0.15, 0.2) is 15.8 Å². The summed E-state index contributed by atoms with van der Waals surface area (Å²) in [4.78, 5) is 54.4. The molecule has 1 unspecified atom stereocenters. The first kappa shape index (κ1) is 30.6. The summed E-state index contributed by atoms with van der Waals surface area (Å²) in [5, 5.41) is 20.0. The molecule has 14 nitrogen and oxygen atoms in total. The van der Waals surface area contributed by atoms with Gasteiger partial charge in [-0.05, 0) is 42.2 Å².